The third-order valence-corrected chi connectivity index (χ3v) is 8.91. The molecule has 0 bridgehead atoms. The minimum absolute atomic E-state index is 0.844. The minimum atomic E-state index is 0.844. The number of rotatable bonds is 2. The van der Waals surface area contributed by atoms with Crippen LogP contribution in [-0.4, -0.2) is 0 Å². The Hall–Kier alpha value is -5.08. The van der Waals surface area contributed by atoms with Crippen LogP contribution in [0.15, 0.2) is 115 Å². The summed E-state index contributed by atoms with van der Waals surface area (Å²) in [5, 5.41) is 11.4. The molecule has 0 aromatic heterocycles. The second-order valence-corrected chi connectivity index (χ2v) is 11.3. The topological polar surface area (TPSA) is 38.0 Å². The van der Waals surface area contributed by atoms with Crippen molar-refractivity contribution < 1.29 is 0 Å². The van der Waals surface area contributed by atoms with Crippen LogP contribution in [0.1, 0.15) is 22.3 Å². The Morgan fingerprint density at radius 3 is 1.93 bits per heavy atom. The number of nitrogens with two attached hydrogens (primary N) is 1. The van der Waals surface area contributed by atoms with Crippen LogP contribution in [0.3, 0.4) is 0 Å². The maximum atomic E-state index is 6.07. The van der Waals surface area contributed by atoms with Crippen molar-refractivity contribution in [2.45, 2.75) is 12.8 Å². The molecule has 0 radical (unpaired) electrons. The van der Waals surface area contributed by atoms with Crippen molar-refractivity contribution in [3.63, 3.8) is 0 Å². The molecular weight excluding hydrogens is 484 g/mol. The van der Waals surface area contributed by atoms with Gasteiger partial charge in [0.25, 0.3) is 0 Å². The van der Waals surface area contributed by atoms with E-state index in [2.05, 4.69) is 115 Å². The van der Waals surface area contributed by atoms with Crippen molar-refractivity contribution in [2.24, 2.45) is 0 Å². The quantitative estimate of drug-likeness (QED) is 0.138. The van der Waals surface area contributed by atoms with E-state index in [4.69, 9.17) is 5.73 Å². The average molecular weight is 511 g/mol. The molecule has 0 fully saturated rings. The van der Waals surface area contributed by atoms with Gasteiger partial charge in [0.1, 0.15) is 0 Å². The molecule has 2 aliphatic rings. The first-order chi connectivity index (χ1) is 19.7. The monoisotopic (exact) mass is 510 g/mol. The van der Waals surface area contributed by atoms with Gasteiger partial charge in [-0.25, -0.2) is 0 Å². The van der Waals surface area contributed by atoms with Gasteiger partial charge >= 0.3 is 0 Å². The zero-order valence-electron chi connectivity index (χ0n) is 22.0. The van der Waals surface area contributed by atoms with Gasteiger partial charge in [-0.3, -0.25) is 0 Å². The molecule has 0 saturated carbocycles. The smallest absolute Gasteiger partial charge is 0.0470 e. The summed E-state index contributed by atoms with van der Waals surface area (Å²) in [7, 11) is 0. The third-order valence-electron chi connectivity index (χ3n) is 8.91. The van der Waals surface area contributed by atoms with E-state index in [1.807, 2.05) is 6.07 Å². The number of fused-ring (bicyclic) bond motifs is 10. The van der Waals surface area contributed by atoms with Crippen LogP contribution >= 0.6 is 0 Å². The molecule has 9 rings (SSSR count). The van der Waals surface area contributed by atoms with Crippen LogP contribution in [0.2, 0.25) is 0 Å². The Kier molecular flexibility index (Phi) is 4.34. The zero-order chi connectivity index (χ0) is 26.4. The number of anilines is 3. The van der Waals surface area contributed by atoms with Crippen LogP contribution in [0.5, 0.6) is 0 Å². The van der Waals surface area contributed by atoms with E-state index in [0.29, 0.717) is 0 Å². The summed E-state index contributed by atoms with van der Waals surface area (Å²) >= 11 is 0. The fourth-order valence-electron chi connectivity index (χ4n) is 7.06. The molecule has 2 heteroatoms. The molecule has 0 unspecified atom stereocenters. The summed E-state index contributed by atoms with van der Waals surface area (Å²) < 4.78 is 0. The van der Waals surface area contributed by atoms with Crippen molar-refractivity contribution in [2.75, 3.05) is 11.1 Å². The zero-order valence-corrected chi connectivity index (χ0v) is 22.0. The van der Waals surface area contributed by atoms with Crippen molar-refractivity contribution in [1.29, 1.82) is 0 Å². The normalized spacial score (nSPS) is 12.9. The van der Waals surface area contributed by atoms with Gasteiger partial charge in [0, 0.05) is 22.4 Å². The van der Waals surface area contributed by atoms with Gasteiger partial charge in [0.05, 0.1) is 0 Å². The van der Waals surface area contributed by atoms with Gasteiger partial charge < -0.3 is 11.1 Å². The fourth-order valence-corrected chi connectivity index (χ4v) is 7.06. The summed E-state index contributed by atoms with van der Waals surface area (Å²) in [5.74, 6) is 0. The maximum Gasteiger partial charge on any atom is 0.0470 e. The summed E-state index contributed by atoms with van der Waals surface area (Å²) in [6, 6.07) is 42.3. The Labute approximate surface area is 232 Å². The lowest BCUT2D eigenvalue weighted by Gasteiger charge is -2.14. The molecule has 0 atom stereocenters. The number of nitrogens with one attached hydrogen (secondary N) is 1. The standard InChI is InChI=1S/C38H26N2/c39-30-10-12-32-26(17-30)15-28-20-35-29(21-34(28)32)16-27-18-31(11-13-33(27)35)40-37-7-3-6-22-8-9-25-14-23-4-1-2-5-24(23)19-36(25)38(22)37/h1-14,17-21,40H,15-16,39H2. The third kappa shape index (κ3) is 3.17. The molecule has 7 aromatic rings. The highest BCUT2D eigenvalue weighted by atomic mass is 14.9. The minimum Gasteiger partial charge on any atom is -0.399 e. The molecule has 188 valence electrons. The van der Waals surface area contributed by atoms with Crippen molar-refractivity contribution >= 4 is 49.4 Å². The van der Waals surface area contributed by atoms with E-state index >= 15 is 0 Å². The van der Waals surface area contributed by atoms with Gasteiger partial charge in [-0.1, -0.05) is 60.7 Å². The number of nitrogen functional groups attached to an aromatic ring is 1. The predicted molar refractivity (Wildman–Crippen MR) is 170 cm³/mol. The Morgan fingerprint density at radius 1 is 0.475 bits per heavy atom. The van der Waals surface area contributed by atoms with E-state index in [0.717, 1.165) is 29.9 Å². The molecule has 40 heavy (non-hydrogen) atoms. The first-order valence-electron chi connectivity index (χ1n) is 14.0. The Balaban J connectivity index is 1.11. The summed E-state index contributed by atoms with van der Waals surface area (Å²) in [6.45, 7) is 0. The van der Waals surface area contributed by atoms with Crippen molar-refractivity contribution in [3.8, 4) is 22.3 Å². The van der Waals surface area contributed by atoms with E-state index in [-0.39, 0.29) is 0 Å². The highest BCUT2D eigenvalue weighted by molar-refractivity contribution is 6.17. The highest BCUT2D eigenvalue weighted by Gasteiger charge is 2.25. The molecule has 0 amide bonds. The predicted octanol–water partition coefficient (Wildman–Crippen LogP) is 9.61. The van der Waals surface area contributed by atoms with Gasteiger partial charge in [-0.2, -0.15) is 0 Å². The number of hydrogen-bond acceptors (Lipinski definition) is 2. The lowest BCUT2D eigenvalue weighted by Crippen LogP contribution is -1.94. The Bertz CT molecular complexity index is 2210. The van der Waals surface area contributed by atoms with E-state index in [1.54, 1.807) is 0 Å². The summed E-state index contributed by atoms with van der Waals surface area (Å²) in [5.41, 5.74) is 20.2. The molecule has 0 saturated heterocycles. The van der Waals surface area contributed by atoms with Crippen LogP contribution in [0, 0.1) is 0 Å². The average Bonchev–Trinajstić information content (AvgIpc) is 3.50. The van der Waals surface area contributed by atoms with Gasteiger partial charge in [-0.15, -0.1) is 0 Å². The SMILES string of the molecule is Nc1ccc2c(c1)Cc1cc3c(cc1-2)Cc1cc(Nc2cccc4ccc5cc6ccccc6cc5c24)ccc1-3. The molecule has 2 aliphatic carbocycles. The first-order valence-corrected chi connectivity index (χ1v) is 14.0. The second kappa shape index (κ2) is 7.97. The molecule has 7 aromatic carbocycles. The van der Waals surface area contributed by atoms with Crippen molar-refractivity contribution in [1.82, 2.24) is 0 Å². The summed E-state index contributed by atoms with van der Waals surface area (Å²) in [4.78, 5) is 0. The van der Waals surface area contributed by atoms with Crippen molar-refractivity contribution in [3.05, 3.63) is 138 Å². The molecule has 2 nitrogen and oxygen atoms in total. The Morgan fingerprint density at radius 2 is 1.12 bits per heavy atom. The molecular formula is C38H26N2. The van der Waals surface area contributed by atoms with Crippen LogP contribution < -0.4 is 11.1 Å². The van der Waals surface area contributed by atoms with Gasteiger partial charge in [0.15, 0.2) is 0 Å². The fraction of sp³-hybridized carbons (Fsp3) is 0.0526. The first kappa shape index (κ1) is 21.8. The number of benzene rings is 7. The van der Waals surface area contributed by atoms with E-state index in [9.17, 15) is 0 Å². The maximum absolute atomic E-state index is 6.07. The van der Waals surface area contributed by atoms with Gasteiger partial charge in [-0.05, 0) is 139 Å². The molecule has 0 heterocycles. The van der Waals surface area contributed by atoms with Crippen LogP contribution in [0.4, 0.5) is 17.1 Å². The highest BCUT2D eigenvalue weighted by Crippen LogP contribution is 2.46. The molecule has 0 aliphatic heterocycles. The molecule has 0 spiro atoms. The lowest BCUT2D eigenvalue weighted by atomic mass is 9.97. The molecule has 3 N–H and O–H groups in total. The second-order valence-electron chi connectivity index (χ2n) is 11.3. The summed E-state index contributed by atoms with van der Waals surface area (Å²) in [6.07, 6.45) is 1.92. The van der Waals surface area contributed by atoms with Crippen LogP contribution in [-0.2, 0) is 12.8 Å². The lowest BCUT2D eigenvalue weighted by molar-refractivity contribution is 1.24. The van der Waals surface area contributed by atoms with E-state index in [1.165, 1.54) is 76.8 Å². The van der Waals surface area contributed by atoms with E-state index < -0.39 is 0 Å². The van der Waals surface area contributed by atoms with Crippen LogP contribution in [0.25, 0.3) is 54.6 Å². The number of hydrogen-bond donors (Lipinski definition) is 2. The largest absolute Gasteiger partial charge is 0.399 e. The van der Waals surface area contributed by atoms with Gasteiger partial charge in [0.2, 0.25) is 0 Å².